The first-order chi connectivity index (χ1) is 11.7. The van der Waals surface area contributed by atoms with Crippen molar-refractivity contribution in [3.05, 3.63) is 52.7 Å². The molecular weight excluding hydrogens is 330 g/mol. The third kappa shape index (κ3) is 3.02. The van der Waals surface area contributed by atoms with Crippen LogP contribution in [0.4, 0.5) is 5.69 Å². The molecule has 0 saturated heterocycles. The van der Waals surface area contributed by atoms with E-state index in [4.69, 9.17) is 4.52 Å². The highest BCUT2D eigenvalue weighted by molar-refractivity contribution is 7.98. The van der Waals surface area contributed by atoms with E-state index in [1.54, 1.807) is 18.3 Å². The fourth-order valence-corrected chi connectivity index (χ4v) is 3.22. The molecule has 0 N–H and O–H groups in total. The maximum Gasteiger partial charge on any atom is 0.270 e. The number of hydrogen-bond acceptors (Lipinski definition) is 7. The Balaban J connectivity index is 1.47. The fourth-order valence-electron chi connectivity index (χ4n) is 2.36. The molecule has 1 saturated carbocycles. The average Bonchev–Trinajstić information content (AvgIpc) is 3.14. The van der Waals surface area contributed by atoms with Gasteiger partial charge in [0.25, 0.3) is 5.69 Å². The van der Waals surface area contributed by atoms with E-state index < -0.39 is 4.92 Å². The third-order valence-electron chi connectivity index (χ3n) is 3.68. The molecular formula is C15H13N5O3S. The zero-order valence-corrected chi connectivity index (χ0v) is 13.3. The van der Waals surface area contributed by atoms with E-state index in [9.17, 15) is 10.1 Å². The van der Waals surface area contributed by atoms with Crippen molar-refractivity contribution in [2.75, 3.05) is 0 Å². The van der Waals surface area contributed by atoms with Gasteiger partial charge in [-0.3, -0.25) is 10.1 Å². The van der Waals surface area contributed by atoms with Crippen LogP contribution < -0.4 is 0 Å². The van der Waals surface area contributed by atoms with E-state index >= 15 is 0 Å². The Morgan fingerprint density at radius 1 is 1.42 bits per heavy atom. The number of aromatic nitrogens is 4. The molecule has 2 aromatic heterocycles. The normalized spacial score (nSPS) is 14.0. The Kier molecular flexibility index (Phi) is 3.77. The molecule has 0 radical (unpaired) electrons. The first-order valence-corrected chi connectivity index (χ1v) is 8.42. The molecule has 2 heterocycles. The van der Waals surface area contributed by atoms with Gasteiger partial charge in [-0.1, -0.05) is 29.1 Å². The summed E-state index contributed by atoms with van der Waals surface area (Å²) in [7, 11) is 0. The number of rotatable bonds is 6. The van der Waals surface area contributed by atoms with Gasteiger partial charge >= 0.3 is 0 Å². The molecule has 3 aromatic rings. The summed E-state index contributed by atoms with van der Waals surface area (Å²) >= 11 is 1.54. The molecule has 1 fully saturated rings. The first kappa shape index (κ1) is 14.9. The lowest BCUT2D eigenvalue weighted by molar-refractivity contribution is -0.384. The smallest absolute Gasteiger partial charge is 0.270 e. The van der Waals surface area contributed by atoms with Gasteiger partial charge < -0.3 is 9.09 Å². The summed E-state index contributed by atoms with van der Waals surface area (Å²) in [5.74, 6) is 1.32. The topological polar surface area (TPSA) is 99.9 Å². The van der Waals surface area contributed by atoms with Gasteiger partial charge in [0.2, 0.25) is 11.7 Å². The molecule has 0 unspecified atom stereocenters. The van der Waals surface area contributed by atoms with Crippen LogP contribution in [0.1, 0.15) is 24.8 Å². The maximum absolute atomic E-state index is 10.8. The summed E-state index contributed by atoms with van der Waals surface area (Å²) in [6.07, 6.45) is 6.17. The zero-order chi connectivity index (χ0) is 16.5. The zero-order valence-electron chi connectivity index (χ0n) is 12.5. The van der Waals surface area contributed by atoms with Gasteiger partial charge in [0.1, 0.15) is 0 Å². The minimum absolute atomic E-state index is 0.000291. The van der Waals surface area contributed by atoms with Crippen LogP contribution in [0.3, 0.4) is 0 Å². The van der Waals surface area contributed by atoms with Gasteiger partial charge in [0, 0.05) is 36.1 Å². The molecule has 1 aliphatic rings. The second kappa shape index (κ2) is 6.08. The highest BCUT2D eigenvalue weighted by atomic mass is 32.2. The molecule has 1 aromatic carbocycles. The lowest BCUT2D eigenvalue weighted by Crippen LogP contribution is -1.94. The van der Waals surface area contributed by atoms with Gasteiger partial charge in [-0.25, -0.2) is 4.98 Å². The van der Waals surface area contributed by atoms with E-state index in [1.807, 2.05) is 6.20 Å². The van der Waals surface area contributed by atoms with Crippen molar-refractivity contribution in [2.45, 2.75) is 29.8 Å². The fraction of sp³-hybridized carbons (Fsp3) is 0.267. The number of nitrogens with zero attached hydrogens (tertiary/aromatic N) is 5. The SMILES string of the molecule is O=[N+]([O-])c1cccc(-c2noc(CSc3nccn3C3CC3)n2)c1. The lowest BCUT2D eigenvalue weighted by Gasteiger charge is -2.03. The Bertz CT molecular complexity index is 887. The van der Waals surface area contributed by atoms with E-state index in [0.717, 1.165) is 5.16 Å². The van der Waals surface area contributed by atoms with Crippen molar-refractivity contribution in [3.8, 4) is 11.4 Å². The van der Waals surface area contributed by atoms with Crippen LogP contribution in [-0.2, 0) is 5.75 Å². The first-order valence-electron chi connectivity index (χ1n) is 7.44. The van der Waals surface area contributed by atoms with Gasteiger partial charge in [0.15, 0.2) is 5.16 Å². The highest BCUT2D eigenvalue weighted by Gasteiger charge is 2.25. The van der Waals surface area contributed by atoms with Crippen LogP contribution in [0.5, 0.6) is 0 Å². The van der Waals surface area contributed by atoms with Crippen molar-refractivity contribution in [3.63, 3.8) is 0 Å². The van der Waals surface area contributed by atoms with E-state index in [-0.39, 0.29) is 5.69 Å². The number of nitro groups is 1. The number of thioether (sulfide) groups is 1. The van der Waals surface area contributed by atoms with E-state index in [1.165, 1.54) is 36.7 Å². The predicted molar refractivity (Wildman–Crippen MR) is 86.4 cm³/mol. The van der Waals surface area contributed by atoms with E-state index in [2.05, 4.69) is 19.7 Å². The van der Waals surface area contributed by atoms with Gasteiger partial charge in [-0.05, 0) is 12.8 Å². The number of hydrogen-bond donors (Lipinski definition) is 0. The Labute approximate surface area is 141 Å². The molecule has 0 atom stereocenters. The number of nitro benzene ring substituents is 1. The van der Waals surface area contributed by atoms with Gasteiger partial charge in [-0.15, -0.1) is 0 Å². The summed E-state index contributed by atoms with van der Waals surface area (Å²) in [6.45, 7) is 0. The molecule has 8 nitrogen and oxygen atoms in total. The third-order valence-corrected chi connectivity index (χ3v) is 4.65. The van der Waals surface area contributed by atoms with Gasteiger partial charge in [-0.2, -0.15) is 4.98 Å². The van der Waals surface area contributed by atoms with Crippen LogP contribution in [0, 0.1) is 10.1 Å². The molecule has 1 aliphatic carbocycles. The van der Waals surface area contributed by atoms with Crippen LogP contribution >= 0.6 is 11.8 Å². The van der Waals surface area contributed by atoms with Crippen LogP contribution in [0.15, 0.2) is 46.3 Å². The summed E-state index contributed by atoms with van der Waals surface area (Å²) in [6, 6.07) is 6.75. The average molecular weight is 343 g/mol. The molecule has 9 heteroatoms. The molecule has 4 rings (SSSR count). The molecule has 0 amide bonds. The Morgan fingerprint density at radius 3 is 3.08 bits per heavy atom. The highest BCUT2D eigenvalue weighted by Crippen LogP contribution is 2.38. The summed E-state index contributed by atoms with van der Waals surface area (Å²) in [5, 5.41) is 15.7. The minimum atomic E-state index is -0.446. The van der Waals surface area contributed by atoms with Crippen molar-refractivity contribution in [1.29, 1.82) is 0 Å². The molecule has 122 valence electrons. The van der Waals surface area contributed by atoms with Crippen molar-refractivity contribution in [2.24, 2.45) is 0 Å². The lowest BCUT2D eigenvalue weighted by atomic mass is 10.2. The van der Waals surface area contributed by atoms with E-state index in [0.29, 0.717) is 29.1 Å². The summed E-state index contributed by atoms with van der Waals surface area (Å²) in [4.78, 5) is 19.1. The largest absolute Gasteiger partial charge is 0.338 e. The number of benzene rings is 1. The number of non-ortho nitro benzene ring substituents is 1. The van der Waals surface area contributed by atoms with Crippen LogP contribution in [0.25, 0.3) is 11.4 Å². The molecule has 24 heavy (non-hydrogen) atoms. The predicted octanol–water partition coefficient (Wildman–Crippen LogP) is 3.47. The minimum Gasteiger partial charge on any atom is -0.338 e. The Morgan fingerprint density at radius 2 is 2.29 bits per heavy atom. The molecule has 0 aliphatic heterocycles. The quantitative estimate of drug-likeness (QED) is 0.384. The summed E-state index contributed by atoms with van der Waals surface area (Å²) < 4.78 is 7.41. The monoisotopic (exact) mass is 343 g/mol. The van der Waals surface area contributed by atoms with Gasteiger partial charge in [0.05, 0.1) is 10.7 Å². The van der Waals surface area contributed by atoms with Crippen LogP contribution in [-0.4, -0.2) is 24.6 Å². The second-order valence-corrected chi connectivity index (χ2v) is 6.40. The van der Waals surface area contributed by atoms with Crippen molar-refractivity contribution < 1.29 is 9.45 Å². The Hall–Kier alpha value is -2.68. The number of imidazole rings is 1. The standard InChI is InChI=1S/C15H13N5O3S/c21-20(22)12-3-1-2-10(8-12)14-17-13(23-18-14)9-24-15-16-6-7-19(15)11-4-5-11/h1-3,6-8,11H,4-5,9H2. The summed E-state index contributed by atoms with van der Waals surface area (Å²) in [5.41, 5.74) is 0.559. The van der Waals surface area contributed by atoms with Crippen molar-refractivity contribution >= 4 is 17.4 Å². The van der Waals surface area contributed by atoms with Crippen LogP contribution in [0.2, 0.25) is 0 Å². The molecule has 0 spiro atoms. The maximum atomic E-state index is 10.8. The molecule has 0 bridgehead atoms. The van der Waals surface area contributed by atoms with Crippen molar-refractivity contribution in [1.82, 2.24) is 19.7 Å². The second-order valence-electron chi connectivity index (χ2n) is 5.46.